The van der Waals surface area contributed by atoms with Gasteiger partial charge in [-0.2, -0.15) is 0 Å². The number of aromatic hydroxyl groups is 1. The molecular formula is C25H30O12. The number of aliphatic hydroxyl groups excluding tert-OH is 4. The van der Waals surface area contributed by atoms with Gasteiger partial charge in [0, 0.05) is 23.8 Å². The summed E-state index contributed by atoms with van der Waals surface area (Å²) in [6.45, 7) is 1.11. The Morgan fingerprint density at radius 1 is 1.08 bits per heavy atom. The van der Waals surface area contributed by atoms with Crippen molar-refractivity contribution in [3.05, 3.63) is 47.7 Å². The number of benzene rings is 1. The molecule has 0 radical (unpaired) electrons. The molecule has 1 saturated heterocycles. The zero-order chi connectivity index (χ0) is 26.9. The number of hydrogen-bond acceptors (Lipinski definition) is 11. The van der Waals surface area contributed by atoms with Crippen LogP contribution in [0.2, 0.25) is 0 Å². The largest absolute Gasteiger partial charge is 0.508 e. The van der Waals surface area contributed by atoms with Crippen LogP contribution in [0.25, 0.3) is 6.08 Å². The molecule has 1 aromatic carbocycles. The molecule has 3 aliphatic rings. The van der Waals surface area contributed by atoms with Gasteiger partial charge in [0.05, 0.1) is 18.4 Å². The Labute approximate surface area is 212 Å². The number of ether oxygens (including phenoxy) is 4. The summed E-state index contributed by atoms with van der Waals surface area (Å²) in [7, 11) is 0. The summed E-state index contributed by atoms with van der Waals surface area (Å²) >= 11 is 0. The highest BCUT2D eigenvalue weighted by atomic mass is 16.8. The second-order valence-electron chi connectivity index (χ2n) is 9.40. The smallest absolute Gasteiger partial charge is 0.334 e. The maximum atomic E-state index is 12.5. The molecule has 0 aromatic heterocycles. The second kappa shape index (κ2) is 11.2. The van der Waals surface area contributed by atoms with Crippen LogP contribution in [0.5, 0.6) is 5.75 Å². The van der Waals surface area contributed by atoms with E-state index in [0.717, 1.165) is 6.26 Å². The average Bonchev–Trinajstić information content (AvgIpc) is 3.19. The van der Waals surface area contributed by atoms with Crippen molar-refractivity contribution in [2.75, 3.05) is 6.61 Å². The summed E-state index contributed by atoms with van der Waals surface area (Å²) < 4.78 is 22.4. The lowest BCUT2D eigenvalue weighted by Gasteiger charge is -2.43. The first-order valence-electron chi connectivity index (χ1n) is 11.8. The van der Waals surface area contributed by atoms with Crippen molar-refractivity contribution < 1.29 is 59.2 Å². The molecule has 1 saturated carbocycles. The standard InChI is InChI=1S/C25H30O12/c1-11-16(35-18(28)7-4-12-2-5-13(27)6-3-12)8-14-15(23(32)33)10-34-24(19(11)14)37-25-22(31)21(30)20(29)17(9-26)36-25/h2-7,10-11,14,16-17,19-22,24-27,29-31H,8-9H2,1H3,(H,32,33)/b7-4+/t11-,14?,16-,17+,19?,20+,21-,22+,24-,25-/m0/s1. The number of hydrogen-bond donors (Lipinski definition) is 6. The number of esters is 1. The first-order chi connectivity index (χ1) is 17.6. The maximum absolute atomic E-state index is 12.5. The minimum absolute atomic E-state index is 0.0244. The molecule has 4 rings (SSSR count). The number of fused-ring (bicyclic) bond motifs is 1. The van der Waals surface area contributed by atoms with Gasteiger partial charge >= 0.3 is 11.9 Å². The number of phenols is 1. The SMILES string of the molecule is C[C@@H]1C2C(C[C@@H]1OC(=O)/C=C/c1ccc(O)cc1)C(C(=O)O)=CO[C@H]2O[C@@H]1O[C@H](CO)[C@@H](O)[C@H](O)[C@H]1O. The molecule has 0 amide bonds. The van der Waals surface area contributed by atoms with Crippen LogP contribution in [0.3, 0.4) is 0 Å². The van der Waals surface area contributed by atoms with Gasteiger partial charge in [-0.25, -0.2) is 9.59 Å². The molecule has 1 aliphatic carbocycles. The third-order valence-electron chi connectivity index (χ3n) is 7.12. The van der Waals surface area contributed by atoms with Gasteiger partial charge in [-0.15, -0.1) is 0 Å². The first kappa shape index (κ1) is 27.0. The van der Waals surface area contributed by atoms with E-state index < -0.39 is 79.4 Å². The lowest BCUT2D eigenvalue weighted by Crippen LogP contribution is -2.60. The summed E-state index contributed by atoms with van der Waals surface area (Å²) in [6, 6.07) is 6.19. The van der Waals surface area contributed by atoms with Crippen LogP contribution >= 0.6 is 0 Å². The van der Waals surface area contributed by atoms with Crippen LogP contribution in [-0.4, -0.2) is 92.3 Å². The van der Waals surface area contributed by atoms with Crippen molar-refractivity contribution in [3.63, 3.8) is 0 Å². The third kappa shape index (κ3) is 5.64. The Hall–Kier alpha value is -3.00. The van der Waals surface area contributed by atoms with E-state index in [9.17, 15) is 40.2 Å². The van der Waals surface area contributed by atoms with Crippen LogP contribution in [0.1, 0.15) is 18.9 Å². The predicted molar refractivity (Wildman–Crippen MR) is 123 cm³/mol. The highest BCUT2D eigenvalue weighted by Crippen LogP contribution is 2.48. The van der Waals surface area contributed by atoms with Gasteiger partial charge in [-0.3, -0.25) is 0 Å². The lowest BCUT2D eigenvalue weighted by atomic mass is 9.83. The topological polar surface area (TPSA) is 192 Å². The molecule has 12 heteroatoms. The second-order valence-corrected chi connectivity index (χ2v) is 9.40. The van der Waals surface area contributed by atoms with Gasteiger partial charge in [0.25, 0.3) is 0 Å². The van der Waals surface area contributed by atoms with Crippen molar-refractivity contribution in [1.82, 2.24) is 0 Å². The van der Waals surface area contributed by atoms with Crippen molar-refractivity contribution in [2.45, 2.75) is 56.4 Å². The number of aliphatic carboxylic acids is 1. The minimum atomic E-state index is -1.67. The van der Waals surface area contributed by atoms with Crippen molar-refractivity contribution in [3.8, 4) is 5.75 Å². The molecule has 0 bridgehead atoms. The molecule has 6 N–H and O–H groups in total. The number of aliphatic hydroxyl groups is 4. The van der Waals surface area contributed by atoms with E-state index >= 15 is 0 Å². The molecule has 2 aliphatic heterocycles. The quantitative estimate of drug-likeness (QED) is 0.203. The van der Waals surface area contributed by atoms with E-state index in [1.165, 1.54) is 24.3 Å². The first-order valence-corrected chi connectivity index (χ1v) is 11.8. The number of carboxylic acid groups (broad SMARTS) is 1. The van der Waals surface area contributed by atoms with Crippen LogP contribution < -0.4 is 0 Å². The van der Waals surface area contributed by atoms with Crippen LogP contribution in [-0.2, 0) is 28.5 Å². The van der Waals surface area contributed by atoms with Gasteiger partial charge in [0.1, 0.15) is 36.3 Å². The number of carboxylic acids is 1. The number of phenolic OH excluding ortho intramolecular Hbond substituents is 1. The maximum Gasteiger partial charge on any atom is 0.334 e. The summed E-state index contributed by atoms with van der Waals surface area (Å²) in [5.41, 5.74) is 0.643. The average molecular weight is 523 g/mol. The normalized spacial score (nSPS) is 37.5. The van der Waals surface area contributed by atoms with Gasteiger partial charge < -0.3 is 49.6 Å². The van der Waals surface area contributed by atoms with Crippen molar-refractivity contribution >= 4 is 18.0 Å². The van der Waals surface area contributed by atoms with E-state index in [0.29, 0.717) is 5.56 Å². The van der Waals surface area contributed by atoms with Gasteiger partial charge in [0.15, 0.2) is 6.29 Å². The Kier molecular flexibility index (Phi) is 8.17. The molecule has 2 heterocycles. The fourth-order valence-corrected chi connectivity index (χ4v) is 5.06. The number of carbonyl (C=O) groups excluding carboxylic acids is 1. The molecule has 1 aromatic rings. The fourth-order valence-electron chi connectivity index (χ4n) is 5.06. The van der Waals surface area contributed by atoms with E-state index in [2.05, 4.69) is 0 Å². The van der Waals surface area contributed by atoms with Crippen molar-refractivity contribution in [2.24, 2.45) is 17.8 Å². The molecule has 2 unspecified atom stereocenters. The van der Waals surface area contributed by atoms with E-state index in [1.807, 2.05) is 0 Å². The molecule has 12 nitrogen and oxygen atoms in total. The van der Waals surface area contributed by atoms with Crippen LogP contribution in [0, 0.1) is 17.8 Å². The van der Waals surface area contributed by atoms with E-state index in [1.54, 1.807) is 19.1 Å². The lowest BCUT2D eigenvalue weighted by molar-refractivity contribution is -0.342. The zero-order valence-corrected chi connectivity index (χ0v) is 19.9. The summed E-state index contributed by atoms with van der Waals surface area (Å²) in [4.78, 5) is 24.3. The Bertz CT molecular complexity index is 1030. The highest BCUT2D eigenvalue weighted by Gasteiger charge is 2.54. The third-order valence-corrected chi connectivity index (χ3v) is 7.12. The van der Waals surface area contributed by atoms with Gasteiger partial charge in [0.2, 0.25) is 6.29 Å². The molecule has 37 heavy (non-hydrogen) atoms. The minimum Gasteiger partial charge on any atom is -0.508 e. The van der Waals surface area contributed by atoms with Gasteiger partial charge in [-0.05, 0) is 30.2 Å². The van der Waals surface area contributed by atoms with E-state index in [4.69, 9.17) is 18.9 Å². The van der Waals surface area contributed by atoms with Crippen LogP contribution in [0.4, 0.5) is 0 Å². The molecule has 202 valence electrons. The molecule has 10 atom stereocenters. The number of rotatable bonds is 7. The summed E-state index contributed by atoms with van der Waals surface area (Å²) in [6.07, 6.45) is -5.42. The Morgan fingerprint density at radius 3 is 2.43 bits per heavy atom. The molecular weight excluding hydrogens is 492 g/mol. The Morgan fingerprint density at radius 2 is 1.78 bits per heavy atom. The number of carbonyl (C=O) groups is 2. The molecule has 0 spiro atoms. The Balaban J connectivity index is 1.48. The predicted octanol–water partition coefficient (Wildman–Crippen LogP) is -0.269. The fraction of sp³-hybridized carbons (Fsp3) is 0.520. The van der Waals surface area contributed by atoms with Crippen LogP contribution in [0.15, 0.2) is 42.2 Å². The zero-order valence-electron chi connectivity index (χ0n) is 19.9. The van der Waals surface area contributed by atoms with Gasteiger partial charge in [-0.1, -0.05) is 19.1 Å². The molecule has 2 fully saturated rings. The van der Waals surface area contributed by atoms with E-state index in [-0.39, 0.29) is 17.7 Å². The highest BCUT2D eigenvalue weighted by molar-refractivity contribution is 5.88. The van der Waals surface area contributed by atoms with Crippen molar-refractivity contribution in [1.29, 1.82) is 0 Å². The summed E-state index contributed by atoms with van der Waals surface area (Å²) in [5, 5.41) is 58.9. The summed E-state index contributed by atoms with van der Waals surface area (Å²) in [5.74, 6) is -3.43. The monoisotopic (exact) mass is 522 g/mol.